The predicted molar refractivity (Wildman–Crippen MR) is 136 cm³/mol. The van der Waals surface area contributed by atoms with Crippen LogP contribution in [0.25, 0.3) is 11.0 Å². The van der Waals surface area contributed by atoms with E-state index in [2.05, 4.69) is 38.0 Å². The Hall–Kier alpha value is -2.81. The number of anilines is 2. The predicted octanol–water partition coefficient (Wildman–Crippen LogP) is 4.90. The SMILES string of the molecule is O=C1Nc2c(Cl)cc3cc(CNCc4ccc(N5CCOCC5)nc4)oc3c2C2(CCCCC2)N1. The van der Waals surface area contributed by atoms with E-state index in [1.165, 1.54) is 6.42 Å². The van der Waals surface area contributed by atoms with Gasteiger partial charge in [0.1, 0.15) is 17.2 Å². The Morgan fingerprint density at radius 3 is 2.71 bits per heavy atom. The van der Waals surface area contributed by atoms with Gasteiger partial charge in [-0.25, -0.2) is 9.78 Å². The summed E-state index contributed by atoms with van der Waals surface area (Å²) in [6, 6.07) is 7.92. The Morgan fingerprint density at radius 1 is 1.11 bits per heavy atom. The van der Waals surface area contributed by atoms with Gasteiger partial charge < -0.3 is 30.0 Å². The highest BCUT2D eigenvalue weighted by atomic mass is 35.5. The number of nitrogens with zero attached hydrogens (tertiary/aromatic N) is 2. The standard InChI is InChI=1S/C26H30ClN5O3/c27-20-13-18-12-19(16-28-14-17-4-5-21(29-15-17)32-8-10-34-11-9-32)35-24(18)22-23(20)30-25(33)31-26(22)6-2-1-3-7-26/h4-5,12-13,15,28H,1-3,6-11,14,16H2,(H2,30,31,33). The van der Waals surface area contributed by atoms with Crippen molar-refractivity contribution in [2.24, 2.45) is 0 Å². The Morgan fingerprint density at radius 2 is 1.94 bits per heavy atom. The largest absolute Gasteiger partial charge is 0.459 e. The van der Waals surface area contributed by atoms with Crippen LogP contribution in [0.1, 0.15) is 49.0 Å². The normalized spacial score (nSPS) is 19.5. The van der Waals surface area contributed by atoms with Crippen LogP contribution in [0.5, 0.6) is 0 Å². The molecular formula is C26H30ClN5O3. The molecule has 2 aromatic heterocycles. The van der Waals surface area contributed by atoms with Crippen LogP contribution < -0.4 is 20.9 Å². The topological polar surface area (TPSA) is 91.7 Å². The molecule has 3 N–H and O–H groups in total. The van der Waals surface area contributed by atoms with Crippen molar-refractivity contribution in [3.05, 3.63) is 52.4 Å². The Kier molecular flexibility index (Phi) is 6.04. The molecule has 6 rings (SSSR count). The van der Waals surface area contributed by atoms with E-state index in [0.717, 1.165) is 85.7 Å². The van der Waals surface area contributed by atoms with E-state index in [9.17, 15) is 4.79 Å². The van der Waals surface area contributed by atoms with Crippen LogP contribution in [-0.4, -0.2) is 37.3 Å². The first-order chi connectivity index (χ1) is 17.1. The van der Waals surface area contributed by atoms with Gasteiger partial charge in [-0.1, -0.05) is 36.9 Å². The number of carbonyl (C=O) groups is 1. The van der Waals surface area contributed by atoms with E-state index in [-0.39, 0.29) is 6.03 Å². The molecule has 8 nitrogen and oxygen atoms in total. The lowest BCUT2D eigenvalue weighted by atomic mass is 9.74. The average Bonchev–Trinajstić information content (AvgIpc) is 3.27. The molecule has 1 aliphatic carbocycles. The first-order valence-electron chi connectivity index (χ1n) is 12.4. The maximum Gasteiger partial charge on any atom is 0.319 e. The van der Waals surface area contributed by atoms with E-state index in [0.29, 0.717) is 23.8 Å². The van der Waals surface area contributed by atoms with Crippen molar-refractivity contribution in [1.82, 2.24) is 15.6 Å². The van der Waals surface area contributed by atoms with Crippen LogP contribution >= 0.6 is 11.6 Å². The summed E-state index contributed by atoms with van der Waals surface area (Å²) in [5.41, 5.74) is 3.19. The fraction of sp³-hybridized carbons (Fsp3) is 0.462. The van der Waals surface area contributed by atoms with Gasteiger partial charge >= 0.3 is 6.03 Å². The Bertz CT molecular complexity index is 1230. The van der Waals surface area contributed by atoms with Gasteiger partial charge in [0.2, 0.25) is 0 Å². The number of carbonyl (C=O) groups excluding carboxylic acids is 1. The number of furan rings is 1. The number of hydrogen-bond donors (Lipinski definition) is 3. The van der Waals surface area contributed by atoms with Gasteiger partial charge in [0.25, 0.3) is 0 Å². The third-order valence-electron chi connectivity index (χ3n) is 7.36. The molecule has 1 saturated heterocycles. The number of amides is 2. The Labute approximate surface area is 209 Å². The van der Waals surface area contributed by atoms with Crippen LogP contribution in [0.3, 0.4) is 0 Å². The molecule has 1 aromatic carbocycles. The third kappa shape index (κ3) is 4.35. The molecule has 0 bridgehead atoms. The maximum absolute atomic E-state index is 12.4. The molecule has 2 aliphatic heterocycles. The van der Waals surface area contributed by atoms with Gasteiger partial charge in [0.05, 0.1) is 36.0 Å². The summed E-state index contributed by atoms with van der Waals surface area (Å²) >= 11 is 6.63. The number of pyridine rings is 1. The molecule has 35 heavy (non-hydrogen) atoms. The molecule has 4 heterocycles. The van der Waals surface area contributed by atoms with Crippen molar-refractivity contribution < 1.29 is 13.9 Å². The van der Waals surface area contributed by atoms with Crippen molar-refractivity contribution in [2.75, 3.05) is 36.5 Å². The minimum atomic E-state index is -0.421. The molecule has 9 heteroatoms. The minimum Gasteiger partial charge on any atom is -0.459 e. The summed E-state index contributed by atoms with van der Waals surface area (Å²) in [7, 11) is 0. The number of aromatic nitrogens is 1. The van der Waals surface area contributed by atoms with Gasteiger partial charge in [0.15, 0.2) is 0 Å². The molecule has 1 saturated carbocycles. The molecular weight excluding hydrogens is 466 g/mol. The van der Waals surface area contributed by atoms with Crippen molar-refractivity contribution in [3.8, 4) is 0 Å². The highest BCUT2D eigenvalue weighted by Crippen LogP contribution is 2.48. The summed E-state index contributed by atoms with van der Waals surface area (Å²) in [6.07, 6.45) is 7.03. The molecule has 184 valence electrons. The van der Waals surface area contributed by atoms with Gasteiger partial charge in [-0.05, 0) is 36.6 Å². The molecule has 1 spiro atoms. The average molecular weight is 496 g/mol. The number of benzene rings is 1. The monoisotopic (exact) mass is 495 g/mol. The lowest BCUT2D eigenvalue weighted by molar-refractivity contribution is 0.122. The molecule has 0 unspecified atom stereocenters. The molecule has 0 atom stereocenters. The molecule has 3 aromatic rings. The summed E-state index contributed by atoms with van der Waals surface area (Å²) < 4.78 is 11.8. The summed E-state index contributed by atoms with van der Waals surface area (Å²) in [6.45, 7) is 4.53. The van der Waals surface area contributed by atoms with Crippen molar-refractivity contribution in [1.29, 1.82) is 0 Å². The zero-order valence-electron chi connectivity index (χ0n) is 19.7. The lowest BCUT2D eigenvalue weighted by Crippen LogP contribution is -2.52. The van der Waals surface area contributed by atoms with Gasteiger partial charge in [-0.15, -0.1) is 0 Å². The van der Waals surface area contributed by atoms with E-state index in [1.54, 1.807) is 0 Å². The highest BCUT2D eigenvalue weighted by Gasteiger charge is 2.43. The Balaban J connectivity index is 1.19. The zero-order chi connectivity index (χ0) is 23.8. The van der Waals surface area contributed by atoms with E-state index in [1.807, 2.05) is 18.3 Å². The number of fused-ring (bicyclic) bond motifs is 4. The van der Waals surface area contributed by atoms with Crippen molar-refractivity contribution in [3.63, 3.8) is 0 Å². The quantitative estimate of drug-likeness (QED) is 0.466. The first-order valence-corrected chi connectivity index (χ1v) is 12.8. The third-order valence-corrected chi connectivity index (χ3v) is 7.66. The van der Waals surface area contributed by atoms with Gasteiger partial charge in [-0.2, -0.15) is 0 Å². The van der Waals surface area contributed by atoms with Crippen molar-refractivity contribution in [2.45, 2.75) is 50.7 Å². The highest BCUT2D eigenvalue weighted by molar-refractivity contribution is 6.35. The fourth-order valence-electron chi connectivity index (χ4n) is 5.65. The van der Waals surface area contributed by atoms with Gasteiger partial charge in [0, 0.05) is 36.8 Å². The number of nitrogens with one attached hydrogen (secondary N) is 3. The fourth-order valence-corrected chi connectivity index (χ4v) is 5.91. The van der Waals surface area contributed by atoms with Crippen LogP contribution in [0, 0.1) is 0 Å². The lowest BCUT2D eigenvalue weighted by Gasteiger charge is -2.42. The molecule has 2 fully saturated rings. The van der Waals surface area contributed by atoms with E-state index >= 15 is 0 Å². The minimum absolute atomic E-state index is 0.192. The number of morpholine rings is 1. The summed E-state index contributed by atoms with van der Waals surface area (Å²) in [5.74, 6) is 1.83. The second-order valence-corrected chi connectivity index (χ2v) is 10.1. The number of urea groups is 1. The molecule has 0 radical (unpaired) electrons. The van der Waals surface area contributed by atoms with Crippen LogP contribution in [0.4, 0.5) is 16.3 Å². The molecule has 3 aliphatic rings. The first kappa shape index (κ1) is 22.6. The van der Waals surface area contributed by atoms with Gasteiger partial charge in [-0.3, -0.25) is 0 Å². The number of hydrogen-bond acceptors (Lipinski definition) is 6. The smallest absolute Gasteiger partial charge is 0.319 e. The second kappa shape index (κ2) is 9.33. The van der Waals surface area contributed by atoms with E-state index < -0.39 is 5.54 Å². The van der Waals surface area contributed by atoms with Crippen LogP contribution in [0.15, 0.2) is 34.9 Å². The second-order valence-electron chi connectivity index (χ2n) is 9.69. The van der Waals surface area contributed by atoms with E-state index in [4.69, 9.17) is 20.8 Å². The van der Waals surface area contributed by atoms with Crippen molar-refractivity contribution >= 4 is 40.1 Å². The zero-order valence-corrected chi connectivity index (χ0v) is 20.4. The summed E-state index contributed by atoms with van der Waals surface area (Å²) in [5, 5.41) is 11.1. The van der Waals surface area contributed by atoms with Crippen LogP contribution in [0.2, 0.25) is 5.02 Å². The maximum atomic E-state index is 12.4. The number of rotatable bonds is 5. The van der Waals surface area contributed by atoms with Crippen LogP contribution in [-0.2, 0) is 23.4 Å². The number of ether oxygens (including phenoxy) is 1. The number of halogens is 1. The molecule has 2 amide bonds. The summed E-state index contributed by atoms with van der Waals surface area (Å²) in [4.78, 5) is 19.3.